The first-order valence-electron chi connectivity index (χ1n) is 7.84. The molecule has 2 aromatic carbocycles. The minimum absolute atomic E-state index is 0.347. The second-order valence-electron chi connectivity index (χ2n) is 5.63. The van der Waals surface area contributed by atoms with Crippen LogP contribution in [0.4, 0.5) is 0 Å². The molecule has 1 aliphatic carbocycles. The van der Waals surface area contributed by atoms with Gasteiger partial charge in [0.2, 0.25) is 0 Å². The number of hydrogen-bond donors (Lipinski definition) is 1. The van der Waals surface area contributed by atoms with Gasteiger partial charge < -0.3 is 4.74 Å². The van der Waals surface area contributed by atoms with Crippen LogP contribution in [0.25, 0.3) is 0 Å². The molecule has 0 fully saturated rings. The summed E-state index contributed by atoms with van der Waals surface area (Å²) < 4.78 is 6.08. The molecule has 1 aliphatic rings. The maximum Gasteiger partial charge on any atom is 0.123 e. The first-order valence-corrected chi connectivity index (χ1v) is 7.84. The SMILES string of the molecule is C#CCNC1CCCc2c(OCc3ccccc3)cccc21. The van der Waals surface area contributed by atoms with Crippen LogP contribution in [0.2, 0.25) is 0 Å². The second-order valence-corrected chi connectivity index (χ2v) is 5.63. The Morgan fingerprint density at radius 3 is 2.82 bits per heavy atom. The summed E-state index contributed by atoms with van der Waals surface area (Å²) in [5.74, 6) is 3.67. The average molecular weight is 291 g/mol. The maximum absolute atomic E-state index is 6.08. The lowest BCUT2D eigenvalue weighted by molar-refractivity contribution is 0.299. The van der Waals surface area contributed by atoms with E-state index >= 15 is 0 Å². The lowest BCUT2D eigenvalue weighted by Gasteiger charge is -2.27. The Morgan fingerprint density at radius 1 is 1.14 bits per heavy atom. The summed E-state index contributed by atoms with van der Waals surface area (Å²) in [6, 6.07) is 17.0. The lowest BCUT2D eigenvalue weighted by Crippen LogP contribution is -2.25. The number of benzene rings is 2. The maximum atomic E-state index is 6.08. The largest absolute Gasteiger partial charge is 0.489 e. The van der Waals surface area contributed by atoms with Crippen LogP contribution in [-0.4, -0.2) is 6.54 Å². The first kappa shape index (κ1) is 14.7. The quantitative estimate of drug-likeness (QED) is 0.845. The van der Waals surface area contributed by atoms with E-state index in [2.05, 4.69) is 41.6 Å². The summed E-state index contributed by atoms with van der Waals surface area (Å²) in [5.41, 5.74) is 3.86. The molecule has 1 N–H and O–H groups in total. The molecule has 0 amide bonds. The van der Waals surface area contributed by atoms with Crippen molar-refractivity contribution >= 4 is 0 Å². The molecular formula is C20H21NO. The van der Waals surface area contributed by atoms with Crippen molar-refractivity contribution in [3.8, 4) is 18.1 Å². The van der Waals surface area contributed by atoms with Gasteiger partial charge in [-0.2, -0.15) is 0 Å². The molecule has 2 heteroatoms. The molecule has 1 atom stereocenters. The molecule has 2 aromatic rings. The number of fused-ring (bicyclic) bond motifs is 1. The van der Waals surface area contributed by atoms with E-state index in [1.807, 2.05) is 18.2 Å². The van der Waals surface area contributed by atoms with Crippen molar-refractivity contribution in [3.63, 3.8) is 0 Å². The zero-order valence-electron chi connectivity index (χ0n) is 12.7. The highest BCUT2D eigenvalue weighted by atomic mass is 16.5. The van der Waals surface area contributed by atoms with Gasteiger partial charge in [0.15, 0.2) is 0 Å². The minimum Gasteiger partial charge on any atom is -0.489 e. The van der Waals surface area contributed by atoms with Crippen LogP contribution in [0.3, 0.4) is 0 Å². The summed E-state index contributed by atoms with van der Waals surface area (Å²) in [5, 5.41) is 3.44. The van der Waals surface area contributed by atoms with Crippen molar-refractivity contribution in [2.75, 3.05) is 6.54 Å². The monoisotopic (exact) mass is 291 g/mol. The smallest absolute Gasteiger partial charge is 0.123 e. The normalized spacial score (nSPS) is 16.6. The highest BCUT2D eigenvalue weighted by Gasteiger charge is 2.22. The molecule has 22 heavy (non-hydrogen) atoms. The third kappa shape index (κ3) is 3.32. The van der Waals surface area contributed by atoms with Gasteiger partial charge >= 0.3 is 0 Å². The van der Waals surface area contributed by atoms with Crippen molar-refractivity contribution < 1.29 is 4.74 Å². The van der Waals surface area contributed by atoms with Gasteiger partial charge in [0.25, 0.3) is 0 Å². The van der Waals surface area contributed by atoms with Crippen molar-refractivity contribution in [2.45, 2.75) is 31.9 Å². The Labute approximate surface area is 132 Å². The Kier molecular flexibility index (Phi) is 4.78. The Balaban J connectivity index is 1.77. The van der Waals surface area contributed by atoms with Crippen LogP contribution in [-0.2, 0) is 13.0 Å². The Bertz CT molecular complexity index is 657. The van der Waals surface area contributed by atoms with Gasteiger partial charge in [0, 0.05) is 6.04 Å². The topological polar surface area (TPSA) is 21.3 Å². The molecule has 0 spiro atoms. The molecule has 0 saturated heterocycles. The van der Waals surface area contributed by atoms with Crippen LogP contribution in [0.15, 0.2) is 48.5 Å². The molecule has 112 valence electrons. The van der Waals surface area contributed by atoms with E-state index in [0.29, 0.717) is 19.2 Å². The fourth-order valence-corrected chi connectivity index (χ4v) is 3.08. The van der Waals surface area contributed by atoms with E-state index in [-0.39, 0.29) is 0 Å². The van der Waals surface area contributed by atoms with E-state index in [1.165, 1.54) is 23.1 Å². The summed E-state index contributed by atoms with van der Waals surface area (Å²) >= 11 is 0. The van der Waals surface area contributed by atoms with E-state index in [0.717, 1.165) is 18.6 Å². The van der Waals surface area contributed by atoms with Gasteiger partial charge in [-0.15, -0.1) is 6.42 Å². The number of ether oxygens (including phenoxy) is 1. The Hall–Kier alpha value is -2.24. The summed E-state index contributed by atoms with van der Waals surface area (Å²) in [6.07, 6.45) is 8.75. The number of nitrogens with one attached hydrogen (secondary N) is 1. The van der Waals surface area contributed by atoms with Crippen LogP contribution < -0.4 is 10.1 Å². The fourth-order valence-electron chi connectivity index (χ4n) is 3.08. The molecule has 0 aromatic heterocycles. The molecule has 2 nitrogen and oxygen atoms in total. The first-order chi connectivity index (χ1) is 10.9. The van der Waals surface area contributed by atoms with E-state index < -0.39 is 0 Å². The molecular weight excluding hydrogens is 270 g/mol. The fraction of sp³-hybridized carbons (Fsp3) is 0.300. The van der Waals surface area contributed by atoms with Crippen LogP contribution in [0, 0.1) is 12.3 Å². The molecule has 0 bridgehead atoms. The van der Waals surface area contributed by atoms with Crippen LogP contribution in [0.1, 0.15) is 35.6 Å². The van der Waals surface area contributed by atoms with Crippen molar-refractivity contribution in [3.05, 3.63) is 65.2 Å². The van der Waals surface area contributed by atoms with Crippen molar-refractivity contribution in [1.82, 2.24) is 5.32 Å². The third-order valence-electron chi connectivity index (χ3n) is 4.15. The van der Waals surface area contributed by atoms with Gasteiger partial charge in [0.05, 0.1) is 6.54 Å². The molecule has 3 rings (SSSR count). The van der Waals surface area contributed by atoms with Crippen molar-refractivity contribution in [2.24, 2.45) is 0 Å². The molecule has 0 aliphatic heterocycles. The predicted molar refractivity (Wildman–Crippen MR) is 89.7 cm³/mol. The highest BCUT2D eigenvalue weighted by molar-refractivity contribution is 5.43. The second kappa shape index (κ2) is 7.15. The van der Waals surface area contributed by atoms with Crippen molar-refractivity contribution in [1.29, 1.82) is 0 Å². The zero-order valence-corrected chi connectivity index (χ0v) is 12.7. The Morgan fingerprint density at radius 2 is 2.00 bits per heavy atom. The predicted octanol–water partition coefficient (Wildman–Crippen LogP) is 3.87. The van der Waals surface area contributed by atoms with Gasteiger partial charge in [-0.1, -0.05) is 48.4 Å². The number of terminal acetylenes is 1. The molecule has 0 saturated carbocycles. The third-order valence-corrected chi connectivity index (χ3v) is 4.15. The van der Waals surface area contributed by atoms with Gasteiger partial charge in [-0.3, -0.25) is 5.32 Å². The van der Waals surface area contributed by atoms with Crippen LogP contribution >= 0.6 is 0 Å². The van der Waals surface area contributed by atoms with E-state index in [1.54, 1.807) is 0 Å². The molecule has 0 heterocycles. The average Bonchev–Trinajstić information content (AvgIpc) is 2.59. The highest BCUT2D eigenvalue weighted by Crippen LogP contribution is 2.35. The lowest BCUT2D eigenvalue weighted by atomic mass is 9.87. The summed E-state index contributed by atoms with van der Waals surface area (Å²) in [4.78, 5) is 0. The van der Waals surface area contributed by atoms with E-state index in [9.17, 15) is 0 Å². The van der Waals surface area contributed by atoms with Gasteiger partial charge in [0.1, 0.15) is 12.4 Å². The molecule has 0 radical (unpaired) electrons. The molecule has 1 unspecified atom stereocenters. The number of hydrogen-bond acceptors (Lipinski definition) is 2. The number of rotatable bonds is 5. The van der Waals surface area contributed by atoms with E-state index in [4.69, 9.17) is 11.2 Å². The summed E-state index contributed by atoms with van der Waals surface area (Å²) in [6.45, 7) is 1.22. The zero-order chi connectivity index (χ0) is 15.2. The van der Waals surface area contributed by atoms with Crippen LogP contribution in [0.5, 0.6) is 5.75 Å². The van der Waals surface area contributed by atoms with Gasteiger partial charge in [-0.05, 0) is 42.0 Å². The summed E-state index contributed by atoms with van der Waals surface area (Å²) in [7, 11) is 0. The standard InChI is InChI=1S/C20H21NO/c1-2-14-21-19-12-6-11-18-17(19)10-7-13-20(18)22-15-16-8-4-3-5-9-16/h1,3-5,7-10,13,19,21H,6,11-12,14-15H2. The minimum atomic E-state index is 0.347. The van der Waals surface area contributed by atoms with Gasteiger partial charge in [-0.25, -0.2) is 0 Å².